The molecule has 0 aromatic carbocycles. The van der Waals surface area contributed by atoms with E-state index in [2.05, 4.69) is 55.4 Å². The summed E-state index contributed by atoms with van der Waals surface area (Å²) >= 11 is 0. The van der Waals surface area contributed by atoms with E-state index in [0.717, 1.165) is 114 Å². The summed E-state index contributed by atoms with van der Waals surface area (Å²) in [7, 11) is -9.91. The van der Waals surface area contributed by atoms with Crippen LogP contribution < -0.4 is 0 Å². The van der Waals surface area contributed by atoms with Gasteiger partial charge in [-0.1, -0.05) is 306 Å². The molecule has 0 aliphatic carbocycles. The summed E-state index contributed by atoms with van der Waals surface area (Å²) in [5, 5.41) is 10.6. The second kappa shape index (κ2) is 61.6. The number of carbonyl (C=O) groups is 4. The first kappa shape index (κ1) is 89.1. The van der Waals surface area contributed by atoms with E-state index >= 15 is 0 Å². The third kappa shape index (κ3) is 65.1. The fourth-order valence-corrected chi connectivity index (χ4v) is 12.4. The lowest BCUT2D eigenvalue weighted by atomic mass is 9.99. The molecule has 4 unspecified atom stereocenters. The van der Waals surface area contributed by atoms with Crippen molar-refractivity contribution in [2.24, 2.45) is 23.7 Å². The first-order chi connectivity index (χ1) is 43.6. The molecule has 0 aromatic rings. The molecule has 0 aromatic heterocycles. The smallest absolute Gasteiger partial charge is 0.462 e. The summed E-state index contributed by atoms with van der Waals surface area (Å²) in [4.78, 5) is 72.6. The van der Waals surface area contributed by atoms with Gasteiger partial charge in [0.25, 0.3) is 0 Å². The zero-order chi connectivity index (χ0) is 67.5. The van der Waals surface area contributed by atoms with Gasteiger partial charge in [0.15, 0.2) is 12.2 Å². The number of rotatable bonds is 69. The first-order valence-corrected chi connectivity index (χ1v) is 40.2. The van der Waals surface area contributed by atoms with Gasteiger partial charge >= 0.3 is 39.5 Å². The molecule has 0 aliphatic heterocycles. The van der Waals surface area contributed by atoms with Crippen molar-refractivity contribution in [1.82, 2.24) is 0 Å². The van der Waals surface area contributed by atoms with Crippen LogP contribution >= 0.6 is 15.6 Å². The minimum absolute atomic E-state index is 0.104. The minimum atomic E-state index is -4.95. The molecule has 6 atom stereocenters. The molecule has 3 N–H and O–H groups in total. The van der Waals surface area contributed by atoms with Gasteiger partial charge in [0.2, 0.25) is 0 Å². The minimum Gasteiger partial charge on any atom is -0.462 e. The average molecular weight is 1340 g/mol. The predicted molar refractivity (Wildman–Crippen MR) is 367 cm³/mol. The van der Waals surface area contributed by atoms with Gasteiger partial charge in [-0.15, -0.1) is 0 Å². The molecule has 0 bridgehead atoms. The number of phosphoric acid groups is 2. The summed E-state index contributed by atoms with van der Waals surface area (Å²) in [6.07, 6.45) is 44.5. The van der Waals surface area contributed by atoms with E-state index in [1.807, 2.05) is 0 Å². The van der Waals surface area contributed by atoms with Crippen LogP contribution in [-0.2, 0) is 65.4 Å². The number of carbonyl (C=O) groups excluding carboxylic acids is 4. The summed E-state index contributed by atoms with van der Waals surface area (Å²) < 4.78 is 68.3. The van der Waals surface area contributed by atoms with Crippen LogP contribution in [0.5, 0.6) is 0 Å². The highest BCUT2D eigenvalue weighted by atomic mass is 31.2. The fourth-order valence-electron chi connectivity index (χ4n) is 10.8. The Balaban J connectivity index is 5.23. The summed E-state index contributed by atoms with van der Waals surface area (Å²) in [6.45, 7) is 14.1. The van der Waals surface area contributed by atoms with Crippen LogP contribution in [-0.4, -0.2) is 96.7 Å². The molecular weight excluding hydrogens is 1200 g/mol. The molecule has 0 rings (SSSR count). The maximum Gasteiger partial charge on any atom is 0.472 e. The Bertz CT molecular complexity index is 1800. The van der Waals surface area contributed by atoms with E-state index in [9.17, 15) is 43.2 Å². The number of unbranched alkanes of at least 4 members (excludes halogenated alkanes) is 34. The van der Waals surface area contributed by atoms with Crippen molar-refractivity contribution in [3.05, 3.63) is 0 Å². The zero-order valence-corrected chi connectivity index (χ0v) is 61.3. The molecule has 0 radical (unpaired) electrons. The molecule has 19 heteroatoms. The Morgan fingerprint density at radius 1 is 0.308 bits per heavy atom. The van der Waals surface area contributed by atoms with Gasteiger partial charge in [-0.3, -0.25) is 37.3 Å². The van der Waals surface area contributed by atoms with Crippen LogP contribution in [0.3, 0.4) is 0 Å². The molecule has 0 aliphatic rings. The topological polar surface area (TPSA) is 237 Å². The maximum atomic E-state index is 13.0. The van der Waals surface area contributed by atoms with Crippen molar-refractivity contribution >= 4 is 39.5 Å². The van der Waals surface area contributed by atoms with E-state index in [-0.39, 0.29) is 25.7 Å². The molecular formula is C72H140O17P2. The van der Waals surface area contributed by atoms with Crippen molar-refractivity contribution < 1.29 is 80.2 Å². The molecule has 0 spiro atoms. The Morgan fingerprint density at radius 2 is 0.527 bits per heavy atom. The zero-order valence-electron chi connectivity index (χ0n) is 59.5. The third-order valence-electron chi connectivity index (χ3n) is 16.9. The highest BCUT2D eigenvalue weighted by Gasteiger charge is 2.30. The molecule has 0 fully saturated rings. The van der Waals surface area contributed by atoms with Crippen LogP contribution in [0.4, 0.5) is 0 Å². The lowest BCUT2D eigenvalue weighted by Crippen LogP contribution is -2.30. The van der Waals surface area contributed by atoms with Crippen LogP contribution in [0.1, 0.15) is 357 Å². The lowest BCUT2D eigenvalue weighted by molar-refractivity contribution is -0.161. The van der Waals surface area contributed by atoms with Gasteiger partial charge in [-0.05, 0) is 49.4 Å². The van der Waals surface area contributed by atoms with E-state index in [1.165, 1.54) is 154 Å². The number of aliphatic hydroxyl groups is 1. The molecule has 0 saturated carbocycles. The summed E-state index contributed by atoms with van der Waals surface area (Å²) in [5.74, 6) is 0.881. The fraction of sp³-hybridized carbons (Fsp3) is 0.944. The van der Waals surface area contributed by atoms with Crippen LogP contribution in [0.25, 0.3) is 0 Å². The van der Waals surface area contributed by atoms with E-state index in [4.69, 9.17) is 37.0 Å². The number of phosphoric ester groups is 2. The van der Waals surface area contributed by atoms with Gasteiger partial charge in [0, 0.05) is 25.7 Å². The van der Waals surface area contributed by atoms with Gasteiger partial charge in [0.1, 0.15) is 19.3 Å². The average Bonchev–Trinajstić information content (AvgIpc) is 3.70. The van der Waals surface area contributed by atoms with Gasteiger partial charge in [-0.25, -0.2) is 9.13 Å². The number of hydrogen-bond acceptors (Lipinski definition) is 15. The van der Waals surface area contributed by atoms with Crippen molar-refractivity contribution in [2.45, 2.75) is 375 Å². The number of aliphatic hydroxyl groups excluding tert-OH is 1. The van der Waals surface area contributed by atoms with Gasteiger partial charge in [-0.2, -0.15) is 0 Å². The largest absolute Gasteiger partial charge is 0.472 e. The van der Waals surface area contributed by atoms with Crippen molar-refractivity contribution in [3.8, 4) is 0 Å². The third-order valence-corrected chi connectivity index (χ3v) is 18.8. The van der Waals surface area contributed by atoms with Crippen LogP contribution in [0.2, 0.25) is 0 Å². The Hall–Kier alpha value is -1.94. The highest BCUT2D eigenvalue weighted by molar-refractivity contribution is 7.47. The molecule has 0 saturated heterocycles. The summed E-state index contributed by atoms with van der Waals surface area (Å²) in [6, 6.07) is 0. The molecule has 0 amide bonds. The van der Waals surface area contributed by atoms with Crippen LogP contribution in [0, 0.1) is 23.7 Å². The molecule has 17 nitrogen and oxygen atoms in total. The number of esters is 4. The summed E-state index contributed by atoms with van der Waals surface area (Å²) in [5.41, 5.74) is 0. The molecule has 540 valence electrons. The van der Waals surface area contributed by atoms with Gasteiger partial charge < -0.3 is 33.8 Å². The van der Waals surface area contributed by atoms with Crippen molar-refractivity contribution in [1.29, 1.82) is 0 Å². The van der Waals surface area contributed by atoms with E-state index < -0.39 is 97.5 Å². The number of hydrogen-bond donors (Lipinski definition) is 3. The second-order valence-corrected chi connectivity index (χ2v) is 30.6. The van der Waals surface area contributed by atoms with Gasteiger partial charge in [0.05, 0.1) is 26.4 Å². The number of ether oxygens (including phenoxy) is 4. The predicted octanol–water partition coefficient (Wildman–Crippen LogP) is 20.5. The monoisotopic (exact) mass is 1340 g/mol. The van der Waals surface area contributed by atoms with Crippen molar-refractivity contribution in [3.63, 3.8) is 0 Å². The van der Waals surface area contributed by atoms with Crippen LogP contribution in [0.15, 0.2) is 0 Å². The Kier molecular flexibility index (Phi) is 60.3. The SMILES string of the molecule is CCC(C)CCCCCCCCCCC(=O)O[C@H](COC(=O)CCCCCCCCCC(C)C)COP(=O)(O)OCC(O)COP(=O)(O)OC[C@@H](COC(=O)CCCCCCCCCCCCCCCCC(C)C)OC(=O)CCCCCCCCCCCC(C)C. The Morgan fingerprint density at radius 3 is 0.780 bits per heavy atom. The second-order valence-electron chi connectivity index (χ2n) is 27.6. The quantitative estimate of drug-likeness (QED) is 0.0222. The van der Waals surface area contributed by atoms with Crippen molar-refractivity contribution in [2.75, 3.05) is 39.6 Å². The first-order valence-electron chi connectivity index (χ1n) is 37.2. The lowest BCUT2D eigenvalue weighted by Gasteiger charge is -2.21. The Labute approximate surface area is 556 Å². The van der Waals surface area contributed by atoms with E-state index in [1.54, 1.807) is 0 Å². The van der Waals surface area contributed by atoms with E-state index in [0.29, 0.717) is 31.6 Å². The molecule has 0 heterocycles. The molecule has 91 heavy (non-hydrogen) atoms. The normalized spacial score (nSPS) is 14.5. The highest BCUT2D eigenvalue weighted by Crippen LogP contribution is 2.45. The standard InChI is InChI=1S/C72H140O17P2/c1-9-65(8)51-43-35-27-21-22-30-39-47-55-72(77)89-68(59-83-70(75)53-45-37-31-23-26-34-42-50-64(6)7)61-87-91(80,81)85-57-66(73)56-84-90(78,79)86-60-67(88-71(76)54-46-38-29-20-16-18-25-33-41-49-63(4)5)58-82-69(74)52-44-36-28-19-15-13-11-10-12-14-17-24-32-40-48-62(2)3/h62-68,73H,9-61H2,1-8H3,(H,78,79)(H,80,81)/t65?,66?,67-,68-/m1/s1. The maximum absolute atomic E-state index is 13.0.